The average Bonchev–Trinajstić information content (AvgIpc) is 2.80. The van der Waals surface area contributed by atoms with Crippen molar-refractivity contribution in [3.8, 4) is 0 Å². The fraction of sp³-hybridized carbons (Fsp3) is 0.750. The lowest BCUT2D eigenvalue weighted by Crippen LogP contribution is -2.47. The Kier molecular flexibility index (Phi) is 14.6. The number of ether oxygens (including phenoxy) is 2. The van der Waals surface area contributed by atoms with E-state index in [2.05, 4.69) is 55.7 Å². The molecule has 2 N–H and O–H groups in total. The van der Waals surface area contributed by atoms with Crippen molar-refractivity contribution < 1.29 is 37.4 Å². The van der Waals surface area contributed by atoms with Gasteiger partial charge in [-0.1, -0.05) is 83.9 Å². The average molecular weight is 759 g/mol. The van der Waals surface area contributed by atoms with Crippen LogP contribution >= 0.6 is 31.9 Å². The van der Waals surface area contributed by atoms with Gasteiger partial charge < -0.3 is 20.1 Å². The number of esters is 2. The maximum Gasteiger partial charge on any atom is 0.323 e. The Morgan fingerprint density at radius 1 is 0.614 bits per heavy atom. The summed E-state index contributed by atoms with van der Waals surface area (Å²) in [6, 6.07) is 0. The number of amides is 2. The van der Waals surface area contributed by atoms with E-state index in [9.17, 15) is 28.0 Å². The maximum absolute atomic E-state index is 14.7. The van der Waals surface area contributed by atoms with E-state index >= 15 is 0 Å². The summed E-state index contributed by atoms with van der Waals surface area (Å²) in [4.78, 5) is 50.0. The molecule has 44 heavy (non-hydrogen) atoms. The Morgan fingerprint density at radius 3 is 1.09 bits per heavy atom. The second-order valence-corrected chi connectivity index (χ2v) is 18.5. The maximum atomic E-state index is 14.7. The van der Waals surface area contributed by atoms with Gasteiger partial charge in [0.25, 0.3) is 11.8 Å². The quantitative estimate of drug-likeness (QED) is 0.108. The molecule has 0 aliphatic heterocycles. The molecule has 0 bridgehead atoms. The lowest BCUT2D eigenvalue weighted by atomic mass is 9.77. The molecule has 0 aliphatic carbocycles. The van der Waals surface area contributed by atoms with Crippen LogP contribution in [0.4, 0.5) is 8.78 Å². The first kappa shape index (κ1) is 42.2. The van der Waals surface area contributed by atoms with Crippen molar-refractivity contribution in [3.63, 3.8) is 0 Å². The molecule has 0 aromatic carbocycles. The topological polar surface area (TPSA) is 111 Å². The standard InChI is InChI=1S/C32H52Br2F2N2O6/c1-19(29(9,10)17-31(13,33)25(41)43-27(3,4)5)15-37-23(39)21(35)22(36)24(40)38-16-20(2)30(11,12)18-32(14,34)26(42)44-28(6,7)8/h21-22H,1-2,15-18H2,3-14H3,(H,37,39)(H,38,40). The van der Waals surface area contributed by atoms with E-state index in [4.69, 9.17) is 9.47 Å². The SMILES string of the molecule is C=C(CNC(=O)C(F)C(F)C(=O)NCC(=C)C(C)(C)CC(C)(Br)C(=O)OC(C)(C)C)C(C)(C)CC(C)(Br)C(=O)OC(C)(C)C. The van der Waals surface area contributed by atoms with Crippen LogP contribution in [0.5, 0.6) is 0 Å². The molecule has 0 heterocycles. The van der Waals surface area contributed by atoms with Gasteiger partial charge in [0.05, 0.1) is 0 Å². The van der Waals surface area contributed by atoms with E-state index in [1.807, 2.05) is 0 Å². The normalized spacial score (nSPS) is 16.8. The molecule has 0 rings (SSSR count). The highest BCUT2D eigenvalue weighted by molar-refractivity contribution is 9.10. The molecule has 8 nitrogen and oxygen atoms in total. The number of hydrogen-bond donors (Lipinski definition) is 2. The third-order valence-corrected chi connectivity index (χ3v) is 8.03. The summed E-state index contributed by atoms with van der Waals surface area (Å²) in [6.45, 7) is 28.5. The van der Waals surface area contributed by atoms with Crippen LogP contribution in [-0.4, -0.2) is 69.0 Å². The Hall–Kier alpha value is -1.82. The summed E-state index contributed by atoms with van der Waals surface area (Å²) in [6.07, 6.45) is -5.06. The van der Waals surface area contributed by atoms with Gasteiger partial charge in [-0.2, -0.15) is 0 Å². The Balaban J connectivity index is 5.11. The van der Waals surface area contributed by atoms with Gasteiger partial charge in [-0.3, -0.25) is 19.2 Å². The number of nitrogens with one attached hydrogen (secondary N) is 2. The van der Waals surface area contributed by atoms with Crippen molar-refractivity contribution >= 4 is 55.6 Å². The highest BCUT2D eigenvalue weighted by Gasteiger charge is 2.42. The van der Waals surface area contributed by atoms with Crippen molar-refractivity contribution in [2.75, 3.05) is 13.1 Å². The molecule has 2 amide bonds. The highest BCUT2D eigenvalue weighted by Crippen LogP contribution is 2.41. The predicted molar refractivity (Wildman–Crippen MR) is 177 cm³/mol. The number of carbonyl (C=O) groups excluding carboxylic acids is 4. The first-order chi connectivity index (χ1) is 19.3. The molecule has 0 saturated heterocycles. The van der Waals surface area contributed by atoms with Crippen LogP contribution in [0.1, 0.15) is 95.9 Å². The third-order valence-electron chi connectivity index (χ3n) is 6.82. The molecule has 12 heteroatoms. The monoisotopic (exact) mass is 756 g/mol. The highest BCUT2D eigenvalue weighted by atomic mass is 79.9. The first-order valence-electron chi connectivity index (χ1n) is 14.4. The molecule has 4 unspecified atom stereocenters. The Morgan fingerprint density at radius 2 is 0.864 bits per heavy atom. The molecular weight excluding hydrogens is 706 g/mol. The molecule has 0 saturated carbocycles. The summed E-state index contributed by atoms with van der Waals surface area (Å²) in [7, 11) is 0. The van der Waals surface area contributed by atoms with E-state index in [0.29, 0.717) is 11.1 Å². The lowest BCUT2D eigenvalue weighted by molar-refractivity contribution is -0.159. The summed E-state index contributed by atoms with van der Waals surface area (Å²) in [5, 5.41) is 4.57. The van der Waals surface area contributed by atoms with Crippen molar-refractivity contribution in [2.24, 2.45) is 10.8 Å². The fourth-order valence-electron chi connectivity index (χ4n) is 4.15. The van der Waals surface area contributed by atoms with Crippen LogP contribution in [0.25, 0.3) is 0 Å². The smallest absolute Gasteiger partial charge is 0.323 e. The van der Waals surface area contributed by atoms with Crippen LogP contribution in [-0.2, 0) is 28.7 Å². The van der Waals surface area contributed by atoms with E-state index < -0.39 is 66.8 Å². The summed E-state index contributed by atoms with van der Waals surface area (Å²) in [5.74, 6) is -3.57. The number of halogens is 4. The van der Waals surface area contributed by atoms with E-state index in [1.54, 1.807) is 83.1 Å². The second-order valence-electron chi connectivity index (χ2n) is 15.0. The van der Waals surface area contributed by atoms with Gasteiger partial charge in [-0.25, -0.2) is 8.78 Å². The summed E-state index contributed by atoms with van der Waals surface area (Å²) in [5.41, 5.74) is -1.91. The van der Waals surface area contributed by atoms with Crippen LogP contribution in [0.3, 0.4) is 0 Å². The van der Waals surface area contributed by atoms with Gasteiger partial charge in [0, 0.05) is 13.1 Å². The zero-order valence-electron chi connectivity index (χ0n) is 28.4. The number of carbonyl (C=O) groups is 4. The van der Waals surface area contributed by atoms with Crippen LogP contribution < -0.4 is 10.6 Å². The van der Waals surface area contributed by atoms with Gasteiger partial charge in [-0.05, 0) is 79.1 Å². The van der Waals surface area contributed by atoms with Gasteiger partial charge >= 0.3 is 11.9 Å². The zero-order chi connectivity index (χ0) is 35.3. The molecule has 0 radical (unpaired) electrons. The minimum atomic E-state index is -2.77. The van der Waals surface area contributed by atoms with Crippen molar-refractivity contribution in [3.05, 3.63) is 24.3 Å². The summed E-state index contributed by atoms with van der Waals surface area (Å²) < 4.78 is 38.2. The Labute approximate surface area is 279 Å². The number of alkyl halides is 4. The first-order valence-corrected chi connectivity index (χ1v) is 16.0. The molecule has 0 aromatic rings. The van der Waals surface area contributed by atoms with Crippen LogP contribution in [0.15, 0.2) is 24.3 Å². The van der Waals surface area contributed by atoms with Crippen molar-refractivity contribution in [1.29, 1.82) is 0 Å². The van der Waals surface area contributed by atoms with Crippen molar-refractivity contribution in [1.82, 2.24) is 10.6 Å². The van der Waals surface area contributed by atoms with Crippen LogP contribution in [0.2, 0.25) is 0 Å². The fourth-order valence-corrected chi connectivity index (χ4v) is 5.71. The van der Waals surface area contributed by atoms with Gasteiger partial charge in [0.15, 0.2) is 0 Å². The van der Waals surface area contributed by atoms with Gasteiger partial charge in [0.1, 0.15) is 19.9 Å². The lowest BCUT2D eigenvalue weighted by Gasteiger charge is -2.35. The molecule has 4 atom stereocenters. The summed E-state index contributed by atoms with van der Waals surface area (Å²) >= 11 is 6.85. The molecule has 254 valence electrons. The van der Waals surface area contributed by atoms with Gasteiger partial charge in [-0.15, -0.1) is 0 Å². The zero-order valence-corrected chi connectivity index (χ0v) is 31.5. The minimum absolute atomic E-state index is 0.202. The number of rotatable bonds is 15. The molecular formula is C32H52Br2F2N2O6. The van der Waals surface area contributed by atoms with Crippen molar-refractivity contribution in [2.45, 2.75) is 128 Å². The second kappa shape index (κ2) is 15.2. The van der Waals surface area contributed by atoms with Crippen LogP contribution in [0, 0.1) is 10.8 Å². The minimum Gasteiger partial charge on any atom is -0.459 e. The van der Waals surface area contributed by atoms with E-state index in [1.165, 1.54) is 0 Å². The van der Waals surface area contributed by atoms with E-state index in [-0.39, 0.29) is 25.9 Å². The van der Waals surface area contributed by atoms with Gasteiger partial charge in [0.2, 0.25) is 12.3 Å². The predicted octanol–water partition coefficient (Wildman–Crippen LogP) is 6.83. The molecule has 0 aromatic heterocycles. The Bertz CT molecular complexity index is 1020. The molecule has 0 fully saturated rings. The largest absolute Gasteiger partial charge is 0.459 e. The molecule has 0 spiro atoms. The number of hydrogen-bond acceptors (Lipinski definition) is 6. The van der Waals surface area contributed by atoms with E-state index in [0.717, 1.165) is 0 Å². The third kappa shape index (κ3) is 14.1. The molecule has 0 aliphatic rings.